The van der Waals surface area contributed by atoms with Crippen LogP contribution >= 0.6 is 35.2 Å². The minimum atomic E-state index is -0.329. The van der Waals surface area contributed by atoms with Crippen LogP contribution in [0.4, 0.5) is 10.8 Å². The lowest BCUT2D eigenvalue weighted by Crippen LogP contribution is -2.21. The van der Waals surface area contributed by atoms with E-state index in [0.29, 0.717) is 34.0 Å². The van der Waals surface area contributed by atoms with E-state index in [0.717, 1.165) is 35.4 Å². The lowest BCUT2D eigenvalue weighted by atomic mass is 9.88. The first kappa shape index (κ1) is 21.8. The van der Waals surface area contributed by atoms with Crippen LogP contribution in [0.5, 0.6) is 0 Å². The van der Waals surface area contributed by atoms with E-state index in [-0.39, 0.29) is 5.97 Å². The number of carbonyl (C=O) groups excluding carboxylic acids is 1. The fraction of sp³-hybridized carbons (Fsp3) is 0.318. The first-order valence-electron chi connectivity index (χ1n) is 10.0. The van der Waals surface area contributed by atoms with Crippen LogP contribution < -0.4 is 10.6 Å². The molecule has 0 saturated carbocycles. The summed E-state index contributed by atoms with van der Waals surface area (Å²) in [7, 11) is 1.41. The van der Waals surface area contributed by atoms with Crippen molar-refractivity contribution in [2.45, 2.75) is 32.7 Å². The number of nitrogens with zero attached hydrogens (tertiary/aromatic N) is 2. The van der Waals surface area contributed by atoms with Crippen molar-refractivity contribution in [3.63, 3.8) is 0 Å². The van der Waals surface area contributed by atoms with Crippen LogP contribution in [0, 0.1) is 5.92 Å². The molecule has 2 aromatic heterocycles. The lowest BCUT2D eigenvalue weighted by Gasteiger charge is -2.18. The predicted octanol–water partition coefficient (Wildman–Crippen LogP) is 5.37. The van der Waals surface area contributed by atoms with Crippen molar-refractivity contribution in [3.05, 3.63) is 63.1 Å². The molecule has 31 heavy (non-hydrogen) atoms. The number of anilines is 2. The van der Waals surface area contributed by atoms with Gasteiger partial charge in [-0.1, -0.05) is 30.7 Å². The zero-order chi connectivity index (χ0) is 22.0. The largest absolute Gasteiger partial charge is 0.465 e. The fourth-order valence-electron chi connectivity index (χ4n) is 3.70. The molecule has 0 radical (unpaired) electrons. The third-order valence-corrected chi connectivity index (χ3v) is 6.89. The molecule has 1 aromatic carbocycles. The number of ether oxygens (including phenoxy) is 1. The lowest BCUT2D eigenvalue weighted by molar-refractivity contribution is 0.0601. The number of benzene rings is 1. The smallest absolute Gasteiger partial charge is 0.341 e. The number of esters is 1. The third kappa shape index (κ3) is 5.08. The van der Waals surface area contributed by atoms with Gasteiger partial charge in [-0.05, 0) is 60.7 Å². The second-order valence-electron chi connectivity index (χ2n) is 7.65. The van der Waals surface area contributed by atoms with E-state index in [4.69, 9.17) is 28.6 Å². The molecule has 2 heterocycles. The molecule has 2 N–H and O–H groups in total. The van der Waals surface area contributed by atoms with Crippen LogP contribution in [0.2, 0.25) is 5.02 Å². The molecule has 0 fully saturated rings. The van der Waals surface area contributed by atoms with Crippen LogP contribution in [-0.4, -0.2) is 28.0 Å². The van der Waals surface area contributed by atoms with Gasteiger partial charge in [-0.2, -0.15) is 5.10 Å². The maximum absolute atomic E-state index is 12.4. The topological polar surface area (TPSA) is 68.2 Å². The third-order valence-electron chi connectivity index (χ3n) is 5.27. The SMILES string of the molecule is COC(=O)c1c(NC(=S)Nc2ccn(Cc3ccc(Cl)cc3)n2)sc2c1CCC(C)C2. The molecular weight excluding hydrogens is 452 g/mol. The van der Waals surface area contributed by atoms with Crippen LogP contribution in [0.1, 0.15) is 39.7 Å². The van der Waals surface area contributed by atoms with Crippen LogP contribution in [0.25, 0.3) is 0 Å². The Morgan fingerprint density at radius 1 is 1.32 bits per heavy atom. The highest BCUT2D eigenvalue weighted by Crippen LogP contribution is 2.40. The molecule has 1 aliphatic rings. The number of thiophene rings is 1. The number of methoxy groups -OCH3 is 1. The minimum absolute atomic E-state index is 0.329. The average molecular weight is 475 g/mol. The number of carbonyl (C=O) groups is 1. The van der Waals surface area contributed by atoms with Crippen molar-refractivity contribution in [3.8, 4) is 0 Å². The summed E-state index contributed by atoms with van der Waals surface area (Å²) in [6.45, 7) is 2.86. The second-order valence-corrected chi connectivity index (χ2v) is 9.60. The van der Waals surface area contributed by atoms with Gasteiger partial charge in [-0.15, -0.1) is 11.3 Å². The molecule has 1 aliphatic carbocycles. The Balaban J connectivity index is 1.45. The highest BCUT2D eigenvalue weighted by atomic mass is 35.5. The van der Waals surface area contributed by atoms with Crippen molar-refractivity contribution in [2.24, 2.45) is 5.92 Å². The number of rotatable bonds is 5. The molecule has 0 saturated heterocycles. The van der Waals surface area contributed by atoms with Gasteiger partial charge in [0.2, 0.25) is 0 Å². The van der Waals surface area contributed by atoms with Gasteiger partial charge in [0.05, 0.1) is 19.2 Å². The van der Waals surface area contributed by atoms with Crippen molar-refractivity contribution in [1.29, 1.82) is 0 Å². The molecule has 0 spiro atoms. The number of thiocarbonyl (C=S) groups is 1. The Bertz CT molecular complexity index is 1110. The van der Waals surface area contributed by atoms with Crippen LogP contribution in [0.15, 0.2) is 36.5 Å². The normalized spacial score (nSPS) is 15.3. The monoisotopic (exact) mass is 474 g/mol. The molecule has 0 aliphatic heterocycles. The van der Waals surface area contributed by atoms with E-state index in [2.05, 4.69) is 22.7 Å². The number of nitrogens with one attached hydrogen (secondary N) is 2. The minimum Gasteiger partial charge on any atom is -0.465 e. The molecule has 162 valence electrons. The average Bonchev–Trinajstić information content (AvgIpc) is 3.32. The Morgan fingerprint density at radius 3 is 2.84 bits per heavy atom. The summed E-state index contributed by atoms with van der Waals surface area (Å²) in [5.74, 6) is 0.907. The summed E-state index contributed by atoms with van der Waals surface area (Å²) >= 11 is 13.0. The molecule has 4 rings (SSSR count). The first-order chi connectivity index (χ1) is 14.9. The standard InChI is InChI=1S/C22H23ClN4O2S2/c1-13-3-8-16-17(11-13)31-20(19(16)21(28)29-2)25-22(30)24-18-9-10-27(26-18)12-14-4-6-15(23)7-5-14/h4-7,9-10,13H,3,8,11-12H2,1-2H3,(H2,24,25,26,30). The highest BCUT2D eigenvalue weighted by molar-refractivity contribution is 7.80. The van der Waals surface area contributed by atoms with E-state index >= 15 is 0 Å². The van der Waals surface area contributed by atoms with E-state index in [9.17, 15) is 4.79 Å². The number of aromatic nitrogens is 2. The summed E-state index contributed by atoms with van der Waals surface area (Å²) in [4.78, 5) is 13.7. The number of hydrogen-bond donors (Lipinski definition) is 2. The molecule has 0 amide bonds. The number of halogens is 1. The van der Waals surface area contributed by atoms with Gasteiger partial charge in [-0.25, -0.2) is 4.79 Å². The van der Waals surface area contributed by atoms with E-state index in [1.807, 2.05) is 41.2 Å². The van der Waals surface area contributed by atoms with E-state index in [1.165, 1.54) is 12.0 Å². The van der Waals surface area contributed by atoms with Gasteiger partial charge in [0.25, 0.3) is 0 Å². The summed E-state index contributed by atoms with van der Waals surface area (Å²) < 4.78 is 6.85. The zero-order valence-electron chi connectivity index (χ0n) is 17.3. The molecule has 6 nitrogen and oxygen atoms in total. The van der Waals surface area contributed by atoms with Crippen molar-refractivity contribution in [1.82, 2.24) is 9.78 Å². The molecule has 1 unspecified atom stereocenters. The summed E-state index contributed by atoms with van der Waals surface area (Å²) in [5, 5.41) is 12.6. The van der Waals surface area contributed by atoms with Gasteiger partial charge in [0, 0.05) is 22.2 Å². The molecule has 1 atom stereocenters. The zero-order valence-corrected chi connectivity index (χ0v) is 19.7. The molecule has 3 aromatic rings. The van der Waals surface area contributed by atoms with Crippen molar-refractivity contribution in [2.75, 3.05) is 17.7 Å². The number of hydrogen-bond acceptors (Lipinski definition) is 5. The van der Waals surface area contributed by atoms with Gasteiger partial charge in [0.1, 0.15) is 5.00 Å². The second kappa shape index (κ2) is 9.38. The van der Waals surface area contributed by atoms with Crippen LogP contribution in [-0.2, 0) is 24.1 Å². The van der Waals surface area contributed by atoms with Gasteiger partial charge in [0.15, 0.2) is 10.9 Å². The molecular formula is C22H23ClN4O2S2. The predicted molar refractivity (Wildman–Crippen MR) is 129 cm³/mol. The maximum Gasteiger partial charge on any atom is 0.341 e. The quantitative estimate of drug-likeness (QED) is 0.383. The fourth-order valence-corrected chi connectivity index (χ4v) is 5.50. The summed E-state index contributed by atoms with van der Waals surface area (Å²) in [6.07, 6.45) is 4.81. The maximum atomic E-state index is 12.4. The van der Waals surface area contributed by atoms with E-state index < -0.39 is 0 Å². The number of fused-ring (bicyclic) bond motifs is 1. The highest BCUT2D eigenvalue weighted by Gasteiger charge is 2.28. The Labute approximate surface area is 195 Å². The van der Waals surface area contributed by atoms with Crippen LogP contribution in [0.3, 0.4) is 0 Å². The summed E-state index contributed by atoms with van der Waals surface area (Å²) in [6, 6.07) is 9.51. The Hall–Kier alpha value is -2.42. The Morgan fingerprint density at radius 2 is 2.10 bits per heavy atom. The van der Waals surface area contributed by atoms with Gasteiger partial charge in [-0.3, -0.25) is 4.68 Å². The Kier molecular flexibility index (Phi) is 6.60. The van der Waals surface area contributed by atoms with Gasteiger partial charge < -0.3 is 15.4 Å². The van der Waals surface area contributed by atoms with Crippen molar-refractivity contribution >= 4 is 57.1 Å². The van der Waals surface area contributed by atoms with Crippen molar-refractivity contribution < 1.29 is 9.53 Å². The summed E-state index contributed by atoms with van der Waals surface area (Å²) in [5.41, 5.74) is 2.79. The molecule has 0 bridgehead atoms. The van der Waals surface area contributed by atoms with Gasteiger partial charge >= 0.3 is 5.97 Å². The molecule has 9 heteroatoms. The van der Waals surface area contributed by atoms with E-state index in [1.54, 1.807) is 11.3 Å². The first-order valence-corrected chi connectivity index (χ1v) is 11.6.